The maximum absolute atomic E-state index is 11.5. The Morgan fingerprint density at radius 3 is 1.68 bits per heavy atom. The third-order valence-corrected chi connectivity index (χ3v) is 4.19. The lowest BCUT2D eigenvalue weighted by Crippen LogP contribution is -2.20. The van der Waals surface area contributed by atoms with Crippen molar-refractivity contribution in [3.8, 4) is 0 Å². The molecule has 0 aliphatic heterocycles. The summed E-state index contributed by atoms with van der Waals surface area (Å²) in [5.74, 6) is -0.159. The van der Waals surface area contributed by atoms with Gasteiger partial charge in [-0.15, -0.1) is 0 Å². The van der Waals surface area contributed by atoms with E-state index in [4.69, 9.17) is 9.84 Å². The maximum Gasteiger partial charge on any atom is 0.306 e. The summed E-state index contributed by atoms with van der Waals surface area (Å²) >= 11 is 0. The molecule has 0 amide bonds. The van der Waals surface area contributed by atoms with Gasteiger partial charge in [-0.05, 0) is 12.8 Å². The molecule has 1 unspecified atom stereocenters. The van der Waals surface area contributed by atoms with Crippen LogP contribution in [0.1, 0.15) is 104 Å². The smallest absolute Gasteiger partial charge is 0.306 e. The van der Waals surface area contributed by atoms with Crippen LogP contribution in [0, 0.1) is 0 Å². The normalized spacial score (nSPS) is 12.3. The third-order valence-electron chi connectivity index (χ3n) is 4.19. The average Bonchev–Trinajstić information content (AvgIpc) is 2.53. The molecule has 1 N–H and O–H groups in total. The second kappa shape index (κ2) is 16.8. The maximum atomic E-state index is 11.5. The van der Waals surface area contributed by atoms with Gasteiger partial charge in [0.2, 0.25) is 0 Å². The molecule has 0 aromatic rings. The SMILES string of the molecule is CCCCCCCCCCCCCCC(=O)OC(CC)CO. The first-order valence-electron chi connectivity index (χ1n) is 9.54. The minimum absolute atomic E-state index is 0.0688. The zero-order chi connectivity index (χ0) is 16.5. The van der Waals surface area contributed by atoms with E-state index in [2.05, 4.69) is 6.92 Å². The van der Waals surface area contributed by atoms with Gasteiger partial charge in [0.1, 0.15) is 6.10 Å². The topological polar surface area (TPSA) is 46.5 Å². The molecular weight excluding hydrogens is 276 g/mol. The molecule has 0 aromatic heterocycles. The van der Waals surface area contributed by atoms with Crippen LogP contribution < -0.4 is 0 Å². The Labute approximate surface area is 137 Å². The number of esters is 1. The molecule has 0 spiro atoms. The van der Waals surface area contributed by atoms with Gasteiger partial charge >= 0.3 is 5.97 Å². The first kappa shape index (κ1) is 21.4. The fourth-order valence-corrected chi connectivity index (χ4v) is 2.60. The highest BCUT2D eigenvalue weighted by atomic mass is 16.5. The van der Waals surface area contributed by atoms with Crippen molar-refractivity contribution in [1.82, 2.24) is 0 Å². The van der Waals surface area contributed by atoms with Crippen molar-refractivity contribution in [1.29, 1.82) is 0 Å². The van der Waals surface area contributed by atoms with E-state index in [0.717, 1.165) is 12.8 Å². The summed E-state index contributed by atoms with van der Waals surface area (Å²) in [4.78, 5) is 11.5. The average molecular weight is 315 g/mol. The molecule has 0 rings (SSSR count). The van der Waals surface area contributed by atoms with Gasteiger partial charge in [0, 0.05) is 6.42 Å². The summed E-state index contributed by atoms with van der Waals surface area (Å²) in [5, 5.41) is 8.97. The Balaban J connectivity index is 3.21. The highest BCUT2D eigenvalue weighted by Gasteiger charge is 2.10. The predicted molar refractivity (Wildman–Crippen MR) is 93.0 cm³/mol. The first-order valence-corrected chi connectivity index (χ1v) is 9.54. The Bertz CT molecular complexity index is 237. The summed E-state index contributed by atoms with van der Waals surface area (Å²) < 4.78 is 5.16. The Morgan fingerprint density at radius 2 is 1.27 bits per heavy atom. The zero-order valence-electron chi connectivity index (χ0n) is 14.9. The van der Waals surface area contributed by atoms with E-state index in [-0.39, 0.29) is 18.7 Å². The standard InChI is InChI=1S/C19H38O3/c1-3-5-6-7-8-9-10-11-12-13-14-15-16-19(21)22-18(4-2)17-20/h18,20H,3-17H2,1-2H3. The van der Waals surface area contributed by atoms with Crippen LogP contribution in [0.2, 0.25) is 0 Å². The van der Waals surface area contributed by atoms with Gasteiger partial charge in [0.05, 0.1) is 6.61 Å². The van der Waals surface area contributed by atoms with E-state index in [1.54, 1.807) is 0 Å². The molecule has 0 aliphatic carbocycles. The molecule has 1 atom stereocenters. The number of unbranched alkanes of at least 4 members (excludes halogenated alkanes) is 11. The first-order chi connectivity index (χ1) is 10.7. The fourth-order valence-electron chi connectivity index (χ4n) is 2.60. The highest BCUT2D eigenvalue weighted by molar-refractivity contribution is 5.69. The summed E-state index contributed by atoms with van der Waals surface area (Å²) in [6.45, 7) is 4.10. The van der Waals surface area contributed by atoms with Gasteiger partial charge in [0.25, 0.3) is 0 Å². The minimum atomic E-state index is -0.315. The summed E-state index contributed by atoms with van der Waals surface area (Å²) in [5.41, 5.74) is 0. The van der Waals surface area contributed by atoms with Gasteiger partial charge in [0.15, 0.2) is 0 Å². The molecule has 0 heterocycles. The van der Waals surface area contributed by atoms with E-state index in [9.17, 15) is 4.79 Å². The molecule has 0 bridgehead atoms. The molecule has 0 saturated carbocycles. The van der Waals surface area contributed by atoms with Crippen molar-refractivity contribution >= 4 is 5.97 Å². The molecule has 22 heavy (non-hydrogen) atoms. The number of hydrogen-bond donors (Lipinski definition) is 1. The summed E-state index contributed by atoms with van der Waals surface area (Å²) in [6.07, 6.45) is 16.4. The number of rotatable bonds is 16. The fraction of sp³-hybridized carbons (Fsp3) is 0.947. The number of hydrogen-bond acceptors (Lipinski definition) is 3. The van der Waals surface area contributed by atoms with Gasteiger partial charge < -0.3 is 9.84 Å². The molecule has 0 radical (unpaired) electrons. The monoisotopic (exact) mass is 314 g/mol. The number of aliphatic hydroxyl groups excluding tert-OH is 1. The summed E-state index contributed by atoms with van der Waals surface area (Å²) in [7, 11) is 0. The van der Waals surface area contributed by atoms with Crippen LogP contribution in [0.15, 0.2) is 0 Å². The lowest BCUT2D eigenvalue weighted by molar-refractivity contribution is -0.151. The Hall–Kier alpha value is -0.570. The van der Waals surface area contributed by atoms with Crippen LogP contribution in [0.5, 0.6) is 0 Å². The van der Waals surface area contributed by atoms with Crippen molar-refractivity contribution in [2.45, 2.75) is 110 Å². The third kappa shape index (κ3) is 14.4. The lowest BCUT2D eigenvalue weighted by Gasteiger charge is -2.12. The molecule has 0 aliphatic rings. The van der Waals surface area contributed by atoms with Crippen LogP contribution in [-0.2, 0) is 9.53 Å². The molecule has 0 aromatic carbocycles. The molecule has 3 nitrogen and oxygen atoms in total. The zero-order valence-corrected chi connectivity index (χ0v) is 14.9. The second-order valence-corrected chi connectivity index (χ2v) is 6.34. The molecule has 132 valence electrons. The highest BCUT2D eigenvalue weighted by Crippen LogP contribution is 2.12. The van der Waals surface area contributed by atoms with E-state index in [1.165, 1.54) is 64.2 Å². The van der Waals surface area contributed by atoms with Crippen LogP contribution in [0.4, 0.5) is 0 Å². The molecule has 0 saturated heterocycles. The van der Waals surface area contributed by atoms with Gasteiger partial charge in [-0.1, -0.05) is 84.5 Å². The molecule has 3 heteroatoms. The number of carbonyl (C=O) groups excluding carboxylic acids is 1. The number of carbonyl (C=O) groups is 1. The van der Waals surface area contributed by atoms with Crippen LogP contribution >= 0.6 is 0 Å². The van der Waals surface area contributed by atoms with Gasteiger partial charge in [-0.3, -0.25) is 4.79 Å². The van der Waals surface area contributed by atoms with Crippen molar-refractivity contribution in [2.75, 3.05) is 6.61 Å². The van der Waals surface area contributed by atoms with Crippen molar-refractivity contribution in [3.05, 3.63) is 0 Å². The van der Waals surface area contributed by atoms with Crippen LogP contribution in [0.3, 0.4) is 0 Å². The largest absolute Gasteiger partial charge is 0.460 e. The second-order valence-electron chi connectivity index (χ2n) is 6.34. The van der Waals surface area contributed by atoms with E-state index >= 15 is 0 Å². The predicted octanol–water partition coefficient (Wildman–Crippen LogP) is 5.39. The van der Waals surface area contributed by atoms with E-state index < -0.39 is 0 Å². The Kier molecular flexibility index (Phi) is 16.4. The van der Waals surface area contributed by atoms with E-state index in [1.807, 2.05) is 6.92 Å². The quantitative estimate of drug-likeness (QED) is 0.307. The summed E-state index contributed by atoms with van der Waals surface area (Å²) in [6, 6.07) is 0. The minimum Gasteiger partial charge on any atom is -0.460 e. The van der Waals surface area contributed by atoms with Crippen LogP contribution in [-0.4, -0.2) is 23.8 Å². The van der Waals surface area contributed by atoms with E-state index in [0.29, 0.717) is 12.8 Å². The molecular formula is C19H38O3. The number of aliphatic hydroxyl groups is 1. The van der Waals surface area contributed by atoms with Crippen molar-refractivity contribution in [3.63, 3.8) is 0 Å². The molecule has 0 fully saturated rings. The van der Waals surface area contributed by atoms with Crippen molar-refractivity contribution in [2.24, 2.45) is 0 Å². The van der Waals surface area contributed by atoms with Crippen molar-refractivity contribution < 1.29 is 14.6 Å². The Morgan fingerprint density at radius 1 is 0.818 bits per heavy atom. The van der Waals surface area contributed by atoms with Gasteiger partial charge in [-0.25, -0.2) is 0 Å². The number of ether oxygens (including phenoxy) is 1. The van der Waals surface area contributed by atoms with Crippen LogP contribution in [0.25, 0.3) is 0 Å². The van der Waals surface area contributed by atoms with Gasteiger partial charge in [-0.2, -0.15) is 0 Å². The lowest BCUT2D eigenvalue weighted by atomic mass is 10.0.